The lowest BCUT2D eigenvalue weighted by Gasteiger charge is -2.37. The Morgan fingerprint density at radius 1 is 1.25 bits per heavy atom. The van der Waals surface area contributed by atoms with Crippen molar-refractivity contribution in [2.75, 3.05) is 19.6 Å². The third kappa shape index (κ3) is 6.23. The maximum absolute atomic E-state index is 13.1. The van der Waals surface area contributed by atoms with E-state index in [2.05, 4.69) is 10.6 Å². The van der Waals surface area contributed by atoms with Crippen LogP contribution in [-0.2, 0) is 9.59 Å². The predicted octanol–water partition coefficient (Wildman–Crippen LogP) is 0.941. The number of piperidine rings is 1. The van der Waals surface area contributed by atoms with Crippen molar-refractivity contribution in [3.8, 4) is 0 Å². The lowest BCUT2D eigenvalue weighted by Crippen LogP contribution is -2.50. The quantitative estimate of drug-likeness (QED) is 0.527. The summed E-state index contributed by atoms with van der Waals surface area (Å²) in [7, 11) is 0. The monoisotopic (exact) mass is 389 g/mol. The average molecular weight is 390 g/mol. The topological polar surface area (TPSA) is 131 Å². The van der Waals surface area contributed by atoms with Crippen LogP contribution in [-0.4, -0.2) is 48.4 Å². The average Bonchev–Trinajstić information content (AvgIpc) is 2.66. The largest absolute Gasteiger partial charge is 0.354 e. The molecule has 2 unspecified atom stereocenters. The number of rotatable bonds is 8. The molecule has 1 aromatic carbocycles. The fraction of sp³-hybridized carbons (Fsp3) is 0.550. The van der Waals surface area contributed by atoms with E-state index in [0.29, 0.717) is 19.6 Å². The number of nitrogens with one attached hydrogen (secondary N) is 2. The van der Waals surface area contributed by atoms with Crippen LogP contribution in [0.15, 0.2) is 24.3 Å². The van der Waals surface area contributed by atoms with Crippen molar-refractivity contribution in [1.29, 1.82) is 0 Å². The van der Waals surface area contributed by atoms with E-state index in [1.165, 1.54) is 0 Å². The lowest BCUT2D eigenvalue weighted by atomic mass is 9.96. The molecule has 0 aliphatic carbocycles. The zero-order valence-electron chi connectivity index (χ0n) is 16.4. The van der Waals surface area contributed by atoms with Crippen LogP contribution in [0.25, 0.3) is 0 Å². The molecule has 1 fully saturated rings. The Hall–Kier alpha value is -2.61. The Morgan fingerprint density at radius 2 is 2.00 bits per heavy atom. The number of hydrogen-bond acceptors (Lipinski definition) is 4. The van der Waals surface area contributed by atoms with Crippen molar-refractivity contribution in [1.82, 2.24) is 15.5 Å². The molecular weight excluding hydrogens is 358 g/mol. The molecule has 2 atom stereocenters. The molecule has 2 rings (SSSR count). The molecule has 0 spiro atoms. The Labute approximate surface area is 166 Å². The van der Waals surface area contributed by atoms with Crippen LogP contribution in [0.2, 0.25) is 0 Å². The van der Waals surface area contributed by atoms with Crippen molar-refractivity contribution in [2.24, 2.45) is 11.5 Å². The van der Waals surface area contributed by atoms with Crippen molar-refractivity contribution in [3.63, 3.8) is 0 Å². The SMILES string of the molecule is Cc1ccccc1C(CC(=O)N1CCCCC1CNC(=O)CCN)NC(N)=O. The van der Waals surface area contributed by atoms with Gasteiger partial charge in [-0.2, -0.15) is 0 Å². The second kappa shape index (κ2) is 10.7. The summed E-state index contributed by atoms with van der Waals surface area (Å²) in [5.41, 5.74) is 12.6. The minimum atomic E-state index is -0.662. The molecule has 1 aliphatic rings. The van der Waals surface area contributed by atoms with Gasteiger partial charge in [0.05, 0.1) is 12.5 Å². The van der Waals surface area contributed by atoms with Gasteiger partial charge in [-0.3, -0.25) is 9.59 Å². The number of hydrogen-bond donors (Lipinski definition) is 4. The van der Waals surface area contributed by atoms with Crippen LogP contribution in [0.3, 0.4) is 0 Å². The fourth-order valence-corrected chi connectivity index (χ4v) is 3.67. The molecule has 0 bridgehead atoms. The van der Waals surface area contributed by atoms with Gasteiger partial charge in [-0.25, -0.2) is 4.79 Å². The van der Waals surface area contributed by atoms with Gasteiger partial charge in [-0.15, -0.1) is 0 Å². The number of nitrogens with zero attached hydrogens (tertiary/aromatic N) is 1. The molecule has 0 radical (unpaired) electrons. The molecule has 0 saturated carbocycles. The molecule has 28 heavy (non-hydrogen) atoms. The van der Waals surface area contributed by atoms with Crippen LogP contribution < -0.4 is 22.1 Å². The highest BCUT2D eigenvalue weighted by Gasteiger charge is 2.29. The van der Waals surface area contributed by atoms with Gasteiger partial charge in [0.2, 0.25) is 11.8 Å². The molecule has 1 aliphatic heterocycles. The fourth-order valence-electron chi connectivity index (χ4n) is 3.67. The van der Waals surface area contributed by atoms with Gasteiger partial charge >= 0.3 is 6.03 Å². The third-order valence-corrected chi connectivity index (χ3v) is 5.11. The third-order valence-electron chi connectivity index (χ3n) is 5.11. The van der Waals surface area contributed by atoms with Crippen LogP contribution >= 0.6 is 0 Å². The molecule has 8 nitrogen and oxygen atoms in total. The van der Waals surface area contributed by atoms with Gasteiger partial charge in [-0.05, 0) is 37.3 Å². The highest BCUT2D eigenvalue weighted by molar-refractivity contribution is 5.80. The first-order valence-corrected chi connectivity index (χ1v) is 9.80. The normalized spacial score (nSPS) is 17.6. The van der Waals surface area contributed by atoms with Crippen molar-refractivity contribution < 1.29 is 14.4 Å². The molecule has 154 valence electrons. The number of nitrogens with two attached hydrogens (primary N) is 2. The first-order valence-electron chi connectivity index (χ1n) is 9.80. The summed E-state index contributed by atoms with van der Waals surface area (Å²) in [5, 5.41) is 5.56. The number of carbonyl (C=O) groups is 3. The minimum absolute atomic E-state index is 0.0472. The minimum Gasteiger partial charge on any atom is -0.354 e. The summed E-state index contributed by atoms with van der Waals surface area (Å²) >= 11 is 0. The molecular formula is C20H31N5O3. The number of carbonyl (C=O) groups excluding carboxylic acids is 3. The lowest BCUT2D eigenvalue weighted by molar-refractivity contribution is -0.136. The van der Waals surface area contributed by atoms with Gasteiger partial charge in [-0.1, -0.05) is 24.3 Å². The van der Waals surface area contributed by atoms with Gasteiger partial charge in [0.25, 0.3) is 0 Å². The van der Waals surface area contributed by atoms with Gasteiger partial charge < -0.3 is 27.0 Å². The zero-order chi connectivity index (χ0) is 20.5. The van der Waals surface area contributed by atoms with E-state index in [1.807, 2.05) is 36.1 Å². The molecule has 1 aromatic rings. The van der Waals surface area contributed by atoms with E-state index in [4.69, 9.17) is 11.5 Å². The number of urea groups is 1. The van der Waals surface area contributed by atoms with Crippen LogP contribution in [0.1, 0.15) is 49.3 Å². The van der Waals surface area contributed by atoms with Crippen LogP contribution in [0, 0.1) is 6.92 Å². The zero-order valence-corrected chi connectivity index (χ0v) is 16.4. The van der Waals surface area contributed by atoms with E-state index < -0.39 is 12.1 Å². The van der Waals surface area contributed by atoms with Crippen LogP contribution in [0.4, 0.5) is 4.79 Å². The molecule has 6 N–H and O–H groups in total. The summed E-state index contributed by atoms with van der Waals surface area (Å²) in [6, 6.07) is 6.42. The Balaban J connectivity index is 2.08. The Kier molecular flexibility index (Phi) is 8.25. The van der Waals surface area contributed by atoms with E-state index in [9.17, 15) is 14.4 Å². The van der Waals surface area contributed by atoms with Crippen molar-refractivity contribution in [2.45, 2.75) is 51.1 Å². The number of amides is 4. The van der Waals surface area contributed by atoms with Gasteiger partial charge in [0, 0.05) is 32.1 Å². The van der Waals surface area contributed by atoms with E-state index in [0.717, 1.165) is 30.4 Å². The maximum atomic E-state index is 13.1. The highest BCUT2D eigenvalue weighted by Crippen LogP contribution is 2.24. The maximum Gasteiger partial charge on any atom is 0.312 e. The number of likely N-dealkylation sites (tertiary alicyclic amines) is 1. The molecule has 8 heteroatoms. The van der Waals surface area contributed by atoms with Gasteiger partial charge in [0.1, 0.15) is 0 Å². The number of aryl methyl sites for hydroxylation is 1. The first kappa shape index (κ1) is 21.7. The van der Waals surface area contributed by atoms with E-state index in [-0.39, 0.29) is 30.7 Å². The van der Waals surface area contributed by atoms with Crippen LogP contribution in [0.5, 0.6) is 0 Å². The number of benzene rings is 1. The molecule has 1 heterocycles. The Bertz CT molecular complexity index is 694. The molecule has 0 aromatic heterocycles. The summed E-state index contributed by atoms with van der Waals surface area (Å²) < 4.78 is 0. The molecule has 1 saturated heterocycles. The first-order chi connectivity index (χ1) is 13.4. The summed E-state index contributed by atoms with van der Waals surface area (Å²) in [4.78, 5) is 38.1. The van der Waals surface area contributed by atoms with Crippen molar-refractivity contribution in [3.05, 3.63) is 35.4 Å². The van der Waals surface area contributed by atoms with E-state index >= 15 is 0 Å². The number of primary amides is 1. The van der Waals surface area contributed by atoms with E-state index in [1.54, 1.807) is 0 Å². The second-order valence-corrected chi connectivity index (χ2v) is 7.20. The molecule has 4 amide bonds. The second-order valence-electron chi connectivity index (χ2n) is 7.20. The highest BCUT2D eigenvalue weighted by atomic mass is 16.2. The summed E-state index contributed by atoms with van der Waals surface area (Å²) in [6.45, 7) is 3.30. The predicted molar refractivity (Wildman–Crippen MR) is 107 cm³/mol. The Morgan fingerprint density at radius 3 is 2.68 bits per heavy atom. The summed E-state index contributed by atoms with van der Waals surface area (Å²) in [5.74, 6) is -0.159. The standard InChI is InChI=1S/C20H31N5O3/c1-14-6-2-3-8-16(14)17(24-20(22)28)12-19(27)25-11-5-4-7-15(25)13-23-18(26)9-10-21/h2-3,6,8,15,17H,4-5,7,9-13,21H2,1H3,(H,23,26)(H3,22,24,28). The smallest absolute Gasteiger partial charge is 0.312 e. The van der Waals surface area contributed by atoms with Gasteiger partial charge in [0.15, 0.2) is 0 Å². The van der Waals surface area contributed by atoms with Crippen molar-refractivity contribution >= 4 is 17.8 Å². The summed E-state index contributed by atoms with van der Waals surface area (Å²) in [6.07, 6.45) is 3.19.